The van der Waals surface area contributed by atoms with Crippen molar-refractivity contribution in [2.75, 3.05) is 12.4 Å². The average Bonchev–Trinajstić information content (AvgIpc) is 3.30. The maximum atomic E-state index is 12.4. The van der Waals surface area contributed by atoms with Crippen LogP contribution in [0.5, 0.6) is 0 Å². The summed E-state index contributed by atoms with van der Waals surface area (Å²) in [6.07, 6.45) is 0. The molecule has 3 aromatic rings. The minimum atomic E-state index is -0.319. The summed E-state index contributed by atoms with van der Waals surface area (Å²) in [6, 6.07) is 14.0. The molecule has 0 aliphatic rings. The van der Waals surface area contributed by atoms with Crippen LogP contribution < -0.4 is 11.2 Å². The average molecular weight is 388 g/mol. The third-order valence-electron chi connectivity index (χ3n) is 4.01. The third kappa shape index (κ3) is 4.25. The number of thiophene rings is 1. The minimum absolute atomic E-state index is 0.0431. The molecule has 2 aromatic heterocycles. The zero-order valence-corrected chi connectivity index (χ0v) is 16.3. The van der Waals surface area contributed by atoms with Gasteiger partial charge in [-0.15, -0.1) is 21.5 Å². The van der Waals surface area contributed by atoms with Crippen LogP contribution >= 0.6 is 23.1 Å². The molecule has 0 spiro atoms. The highest BCUT2D eigenvalue weighted by molar-refractivity contribution is 8.00. The zero-order valence-electron chi connectivity index (χ0n) is 14.6. The second kappa shape index (κ2) is 8.37. The summed E-state index contributed by atoms with van der Waals surface area (Å²) in [5.74, 6) is 6.90. The van der Waals surface area contributed by atoms with Gasteiger partial charge in [0.1, 0.15) is 0 Å². The molecule has 0 saturated heterocycles. The Kier molecular flexibility index (Phi) is 5.95. The SMILES string of the molecule is CC(Sc1nnc(-c2cccs2)n1N)C(=O)NCC(C)c1ccccc1. The van der Waals surface area contributed by atoms with Crippen molar-refractivity contribution in [2.24, 2.45) is 0 Å². The molecule has 3 rings (SSSR count). The van der Waals surface area contributed by atoms with Gasteiger partial charge in [-0.1, -0.05) is 55.1 Å². The number of hydrogen-bond acceptors (Lipinski definition) is 6. The highest BCUT2D eigenvalue weighted by atomic mass is 32.2. The van der Waals surface area contributed by atoms with E-state index in [2.05, 4.69) is 34.6 Å². The lowest BCUT2D eigenvalue weighted by atomic mass is 10.0. The molecule has 1 amide bonds. The Bertz CT molecular complexity index is 848. The molecular weight excluding hydrogens is 366 g/mol. The lowest BCUT2D eigenvalue weighted by Gasteiger charge is -2.15. The van der Waals surface area contributed by atoms with Crippen molar-refractivity contribution in [2.45, 2.75) is 30.2 Å². The largest absolute Gasteiger partial charge is 0.355 e. The number of rotatable bonds is 7. The lowest BCUT2D eigenvalue weighted by molar-refractivity contribution is -0.120. The number of carbonyl (C=O) groups excluding carboxylic acids is 1. The van der Waals surface area contributed by atoms with Gasteiger partial charge in [0.05, 0.1) is 10.1 Å². The predicted octanol–water partition coefficient (Wildman–Crippen LogP) is 3.12. The fraction of sp³-hybridized carbons (Fsp3) is 0.278. The van der Waals surface area contributed by atoms with E-state index < -0.39 is 0 Å². The molecule has 2 unspecified atom stereocenters. The summed E-state index contributed by atoms with van der Waals surface area (Å²) in [5, 5.41) is 13.4. The van der Waals surface area contributed by atoms with Crippen molar-refractivity contribution in [3.05, 3.63) is 53.4 Å². The molecule has 0 aliphatic carbocycles. The topological polar surface area (TPSA) is 85.8 Å². The summed E-state index contributed by atoms with van der Waals surface area (Å²) in [6.45, 7) is 4.52. The van der Waals surface area contributed by atoms with Crippen LogP contribution in [0.3, 0.4) is 0 Å². The summed E-state index contributed by atoms with van der Waals surface area (Å²) < 4.78 is 1.44. The number of hydrogen-bond donors (Lipinski definition) is 2. The van der Waals surface area contributed by atoms with Crippen molar-refractivity contribution in [3.8, 4) is 10.7 Å². The molecule has 3 N–H and O–H groups in total. The monoisotopic (exact) mass is 387 g/mol. The maximum absolute atomic E-state index is 12.4. The third-order valence-corrected chi connectivity index (χ3v) is 5.93. The maximum Gasteiger partial charge on any atom is 0.233 e. The van der Waals surface area contributed by atoms with Crippen molar-refractivity contribution >= 4 is 29.0 Å². The van der Waals surface area contributed by atoms with Gasteiger partial charge in [0.25, 0.3) is 0 Å². The van der Waals surface area contributed by atoms with Crippen LogP contribution in [0, 0.1) is 0 Å². The molecule has 6 nitrogen and oxygen atoms in total. The smallest absolute Gasteiger partial charge is 0.233 e. The van der Waals surface area contributed by atoms with Gasteiger partial charge in [0.15, 0.2) is 5.82 Å². The molecule has 8 heteroatoms. The number of nitrogens with two attached hydrogens (primary N) is 1. The van der Waals surface area contributed by atoms with Crippen LogP contribution in [-0.4, -0.2) is 32.6 Å². The Balaban J connectivity index is 1.56. The van der Waals surface area contributed by atoms with Crippen molar-refractivity contribution in [1.82, 2.24) is 20.2 Å². The van der Waals surface area contributed by atoms with Crippen molar-refractivity contribution in [3.63, 3.8) is 0 Å². The normalized spacial score (nSPS) is 13.3. The Morgan fingerprint density at radius 2 is 2.00 bits per heavy atom. The summed E-state index contributed by atoms with van der Waals surface area (Å²) >= 11 is 2.85. The molecular formula is C18H21N5OS2. The number of nitrogen functional groups attached to an aromatic ring is 1. The highest BCUT2D eigenvalue weighted by Gasteiger charge is 2.20. The molecule has 136 valence electrons. The van der Waals surface area contributed by atoms with Crippen molar-refractivity contribution < 1.29 is 4.79 Å². The predicted molar refractivity (Wildman–Crippen MR) is 107 cm³/mol. The number of benzene rings is 1. The fourth-order valence-electron chi connectivity index (χ4n) is 2.44. The van der Waals surface area contributed by atoms with Crippen LogP contribution in [0.15, 0.2) is 53.0 Å². The Morgan fingerprint density at radius 3 is 2.69 bits per heavy atom. The van der Waals surface area contributed by atoms with Crippen LogP contribution in [0.25, 0.3) is 10.7 Å². The molecule has 0 aliphatic heterocycles. The first-order valence-corrected chi connectivity index (χ1v) is 10.1. The van der Waals surface area contributed by atoms with Gasteiger partial charge in [0.2, 0.25) is 11.1 Å². The molecule has 2 atom stereocenters. The Morgan fingerprint density at radius 1 is 1.23 bits per heavy atom. The first-order valence-electron chi connectivity index (χ1n) is 8.30. The second-order valence-corrected chi connectivity index (χ2v) is 8.23. The van der Waals surface area contributed by atoms with Gasteiger partial charge in [-0.05, 0) is 29.9 Å². The first kappa shape index (κ1) is 18.5. The van der Waals surface area contributed by atoms with E-state index in [9.17, 15) is 4.79 Å². The summed E-state index contributed by atoms with van der Waals surface area (Å²) in [5.41, 5.74) is 1.20. The van der Waals surface area contributed by atoms with E-state index in [1.807, 2.05) is 42.6 Å². The number of nitrogens with one attached hydrogen (secondary N) is 1. The highest BCUT2D eigenvalue weighted by Crippen LogP contribution is 2.27. The van der Waals surface area contributed by atoms with Crippen LogP contribution in [0.4, 0.5) is 0 Å². The number of thioether (sulfide) groups is 1. The zero-order chi connectivity index (χ0) is 18.5. The van der Waals surface area contributed by atoms with Crippen LogP contribution in [-0.2, 0) is 4.79 Å². The van der Waals surface area contributed by atoms with E-state index in [1.54, 1.807) is 11.3 Å². The molecule has 26 heavy (non-hydrogen) atoms. The van der Waals surface area contributed by atoms with Gasteiger partial charge in [-0.2, -0.15) is 0 Å². The van der Waals surface area contributed by atoms with Crippen molar-refractivity contribution in [1.29, 1.82) is 0 Å². The van der Waals surface area contributed by atoms with E-state index in [0.717, 1.165) is 4.88 Å². The first-order chi connectivity index (χ1) is 12.6. The van der Waals surface area contributed by atoms with Gasteiger partial charge in [-0.3, -0.25) is 4.79 Å². The summed E-state index contributed by atoms with van der Waals surface area (Å²) in [4.78, 5) is 13.3. The Hall–Kier alpha value is -2.32. The number of nitrogens with zero attached hydrogens (tertiary/aromatic N) is 3. The number of amides is 1. The summed E-state index contributed by atoms with van der Waals surface area (Å²) in [7, 11) is 0. The standard InChI is InChI=1S/C18H21N5OS2/c1-12(14-7-4-3-5-8-14)11-20-17(24)13(2)26-18-22-21-16(23(18)19)15-9-6-10-25-15/h3-10,12-13H,11,19H2,1-2H3,(H,20,24). The molecule has 0 radical (unpaired) electrons. The minimum Gasteiger partial charge on any atom is -0.355 e. The van der Waals surface area contributed by atoms with E-state index in [0.29, 0.717) is 17.5 Å². The quantitative estimate of drug-likeness (QED) is 0.480. The molecule has 2 heterocycles. The van der Waals surface area contributed by atoms with Crippen LogP contribution in [0.2, 0.25) is 0 Å². The van der Waals surface area contributed by atoms with E-state index in [1.165, 1.54) is 22.0 Å². The number of carbonyl (C=O) groups is 1. The molecule has 1 aromatic carbocycles. The van der Waals surface area contributed by atoms with Gasteiger partial charge >= 0.3 is 0 Å². The molecule has 0 saturated carbocycles. The molecule has 0 bridgehead atoms. The van der Waals surface area contributed by atoms with E-state index in [-0.39, 0.29) is 17.1 Å². The van der Waals surface area contributed by atoms with Crippen LogP contribution in [0.1, 0.15) is 25.3 Å². The van der Waals surface area contributed by atoms with Gasteiger partial charge in [0, 0.05) is 6.54 Å². The number of aromatic nitrogens is 3. The van der Waals surface area contributed by atoms with E-state index >= 15 is 0 Å². The second-order valence-electron chi connectivity index (χ2n) is 5.97. The lowest BCUT2D eigenvalue weighted by Crippen LogP contribution is -2.33. The van der Waals surface area contributed by atoms with Gasteiger partial charge < -0.3 is 11.2 Å². The van der Waals surface area contributed by atoms with Gasteiger partial charge in [-0.25, -0.2) is 4.68 Å². The fourth-order valence-corrected chi connectivity index (χ4v) is 3.94. The molecule has 0 fully saturated rings. The van der Waals surface area contributed by atoms with E-state index in [4.69, 9.17) is 5.84 Å². The Labute approximate surface area is 160 Å².